The molecule has 0 aliphatic carbocycles. The maximum Gasteiger partial charge on any atom is 0.125 e. The number of thiophene rings is 3. The van der Waals surface area contributed by atoms with Crippen molar-refractivity contribution in [2.75, 3.05) is 6.61 Å². The Bertz CT molecular complexity index is 1130. The van der Waals surface area contributed by atoms with Crippen molar-refractivity contribution in [1.82, 2.24) is 0 Å². The smallest absolute Gasteiger partial charge is 0.125 e. The Kier molecular flexibility index (Phi) is 9.43. The first-order valence-electron chi connectivity index (χ1n) is 12.6. The summed E-state index contributed by atoms with van der Waals surface area (Å²) in [5.41, 5.74) is 3.77. The molecule has 4 rings (SSSR count). The zero-order chi connectivity index (χ0) is 23.8. The minimum Gasteiger partial charge on any atom is -0.493 e. The quantitative estimate of drug-likeness (QED) is 0.163. The first kappa shape index (κ1) is 25.2. The molecule has 0 saturated heterocycles. The first-order chi connectivity index (χ1) is 16.7. The van der Waals surface area contributed by atoms with Crippen LogP contribution >= 0.6 is 34.0 Å². The molecule has 180 valence electrons. The fourth-order valence-electron chi connectivity index (χ4n) is 4.38. The summed E-state index contributed by atoms with van der Waals surface area (Å²) >= 11 is 5.57. The van der Waals surface area contributed by atoms with Crippen molar-refractivity contribution < 1.29 is 4.74 Å². The molecule has 0 aliphatic heterocycles. The van der Waals surface area contributed by atoms with E-state index in [1.54, 1.807) is 11.3 Å². The highest BCUT2D eigenvalue weighted by Gasteiger charge is 2.12. The predicted molar refractivity (Wildman–Crippen MR) is 154 cm³/mol. The van der Waals surface area contributed by atoms with Gasteiger partial charge in [0.05, 0.1) is 6.61 Å². The van der Waals surface area contributed by atoms with Gasteiger partial charge in [0.15, 0.2) is 0 Å². The maximum absolute atomic E-state index is 6.22. The summed E-state index contributed by atoms with van der Waals surface area (Å²) in [5, 5.41) is 2.14. The molecule has 0 radical (unpaired) electrons. The van der Waals surface area contributed by atoms with Crippen molar-refractivity contribution in [3.63, 3.8) is 0 Å². The third kappa shape index (κ3) is 6.62. The Balaban J connectivity index is 1.33. The van der Waals surface area contributed by atoms with Gasteiger partial charge in [0, 0.05) is 24.4 Å². The van der Waals surface area contributed by atoms with Gasteiger partial charge in [-0.1, -0.05) is 57.9 Å². The van der Waals surface area contributed by atoms with Crippen LogP contribution < -0.4 is 4.74 Å². The lowest BCUT2D eigenvalue weighted by Crippen LogP contribution is -2.01. The normalized spacial score (nSPS) is 11.3. The molecule has 0 atom stereocenters. The molecule has 0 fully saturated rings. The van der Waals surface area contributed by atoms with Gasteiger partial charge in [-0.25, -0.2) is 0 Å². The molecule has 1 nitrogen and oxygen atoms in total. The molecule has 0 aliphatic rings. The predicted octanol–water partition coefficient (Wildman–Crippen LogP) is 11.0. The maximum atomic E-state index is 6.22. The molecule has 3 aromatic heterocycles. The zero-order valence-electron chi connectivity index (χ0n) is 20.7. The summed E-state index contributed by atoms with van der Waals surface area (Å²) in [7, 11) is 0. The largest absolute Gasteiger partial charge is 0.493 e. The molecule has 0 spiro atoms. The van der Waals surface area contributed by atoms with Crippen molar-refractivity contribution in [2.24, 2.45) is 0 Å². The van der Waals surface area contributed by atoms with Crippen LogP contribution in [0.25, 0.3) is 29.9 Å². The van der Waals surface area contributed by atoms with Crippen molar-refractivity contribution in [1.29, 1.82) is 0 Å². The van der Waals surface area contributed by atoms with Crippen LogP contribution in [0.2, 0.25) is 0 Å². The minimum atomic E-state index is 0.824. The summed E-state index contributed by atoms with van der Waals surface area (Å²) in [4.78, 5) is 6.71. The number of hydrogen-bond acceptors (Lipinski definition) is 4. The SMILES string of the molecule is CCCCCCCCCCOc1c(C)cc(-c2ccc(-c3ccc(-c4cccs4)s3)s2)cc1C. The lowest BCUT2D eigenvalue weighted by molar-refractivity contribution is 0.300. The molecule has 0 unspecified atom stereocenters. The number of unbranched alkanes of at least 4 members (excludes halogenated alkanes) is 7. The van der Waals surface area contributed by atoms with Gasteiger partial charge in [0.1, 0.15) is 5.75 Å². The lowest BCUT2D eigenvalue weighted by Gasteiger charge is -2.14. The summed E-state index contributed by atoms with van der Waals surface area (Å²) < 4.78 is 6.22. The second-order valence-corrected chi connectivity index (χ2v) is 12.2. The van der Waals surface area contributed by atoms with Gasteiger partial charge in [0.25, 0.3) is 0 Å². The molecular weight excluding hydrogens is 473 g/mol. The highest BCUT2D eigenvalue weighted by atomic mass is 32.1. The highest BCUT2D eigenvalue weighted by molar-refractivity contribution is 7.27. The van der Waals surface area contributed by atoms with Crippen molar-refractivity contribution in [3.8, 4) is 35.7 Å². The summed E-state index contributed by atoms with van der Waals surface area (Å²) in [6, 6.07) is 17.9. The number of hydrogen-bond donors (Lipinski definition) is 0. The summed E-state index contributed by atoms with van der Waals surface area (Å²) in [6.45, 7) is 7.46. The van der Waals surface area contributed by atoms with Crippen LogP contribution in [0.4, 0.5) is 0 Å². The fourth-order valence-corrected chi connectivity index (χ4v) is 7.30. The van der Waals surface area contributed by atoms with Crippen molar-refractivity contribution in [3.05, 3.63) is 65.0 Å². The molecule has 0 saturated carbocycles. The number of benzene rings is 1. The van der Waals surface area contributed by atoms with Gasteiger partial charge in [-0.3, -0.25) is 0 Å². The monoisotopic (exact) mass is 508 g/mol. The van der Waals surface area contributed by atoms with Crippen LogP contribution in [-0.4, -0.2) is 6.61 Å². The molecule has 0 bridgehead atoms. The number of rotatable bonds is 13. The average Bonchev–Trinajstić information content (AvgIpc) is 3.60. The van der Waals surface area contributed by atoms with E-state index in [1.165, 1.54) is 86.0 Å². The number of ether oxygens (including phenoxy) is 1. The van der Waals surface area contributed by atoms with E-state index in [0.717, 1.165) is 18.8 Å². The Morgan fingerprint density at radius 1 is 0.647 bits per heavy atom. The van der Waals surface area contributed by atoms with Crippen LogP contribution in [0.3, 0.4) is 0 Å². The Hall–Kier alpha value is -1.88. The second-order valence-electron chi connectivity index (χ2n) is 9.07. The van der Waals surface area contributed by atoms with Gasteiger partial charge in [0.2, 0.25) is 0 Å². The van der Waals surface area contributed by atoms with Crippen LogP contribution in [0.15, 0.2) is 53.9 Å². The molecule has 3 heterocycles. The van der Waals surface area contributed by atoms with Gasteiger partial charge < -0.3 is 4.74 Å². The van der Waals surface area contributed by atoms with Gasteiger partial charge in [-0.2, -0.15) is 0 Å². The highest BCUT2D eigenvalue weighted by Crippen LogP contribution is 2.42. The number of aryl methyl sites for hydroxylation is 2. The lowest BCUT2D eigenvalue weighted by atomic mass is 10.0. The van der Waals surface area contributed by atoms with Crippen molar-refractivity contribution >= 4 is 34.0 Å². The summed E-state index contributed by atoms with van der Waals surface area (Å²) in [5.74, 6) is 1.07. The van der Waals surface area contributed by atoms with E-state index in [0.29, 0.717) is 0 Å². The van der Waals surface area contributed by atoms with E-state index in [1.807, 2.05) is 22.7 Å². The van der Waals surface area contributed by atoms with Crippen LogP contribution in [-0.2, 0) is 0 Å². The molecule has 0 N–H and O–H groups in total. The molecule has 1 aromatic carbocycles. The van der Waals surface area contributed by atoms with E-state index < -0.39 is 0 Å². The Morgan fingerprint density at radius 3 is 1.82 bits per heavy atom. The Morgan fingerprint density at radius 2 is 1.21 bits per heavy atom. The zero-order valence-corrected chi connectivity index (χ0v) is 23.1. The van der Waals surface area contributed by atoms with Crippen LogP contribution in [0.5, 0.6) is 5.75 Å². The Labute approximate surface area is 217 Å². The second kappa shape index (κ2) is 12.7. The molecular formula is C30H36OS3. The van der Waals surface area contributed by atoms with Crippen LogP contribution in [0.1, 0.15) is 69.4 Å². The van der Waals surface area contributed by atoms with E-state index in [-0.39, 0.29) is 0 Å². The molecule has 4 aromatic rings. The van der Waals surface area contributed by atoms with E-state index in [2.05, 4.69) is 74.7 Å². The molecule has 0 amide bonds. The first-order valence-corrected chi connectivity index (χ1v) is 15.2. The molecule has 4 heteroatoms. The fraction of sp³-hybridized carbons (Fsp3) is 0.400. The van der Waals surface area contributed by atoms with Crippen molar-refractivity contribution in [2.45, 2.75) is 72.1 Å². The minimum absolute atomic E-state index is 0.824. The standard InChI is InChI=1S/C30H36OS3/c1-4-5-6-7-8-9-10-11-18-31-30-22(2)20-24(21-23(30)3)25-14-15-28(33-25)29-17-16-27(34-29)26-13-12-19-32-26/h12-17,19-21H,4-11,18H2,1-3H3. The van der Waals surface area contributed by atoms with Gasteiger partial charge in [-0.15, -0.1) is 34.0 Å². The third-order valence-electron chi connectivity index (χ3n) is 6.21. The van der Waals surface area contributed by atoms with E-state index in [9.17, 15) is 0 Å². The van der Waals surface area contributed by atoms with E-state index >= 15 is 0 Å². The van der Waals surface area contributed by atoms with Gasteiger partial charge >= 0.3 is 0 Å². The topological polar surface area (TPSA) is 9.23 Å². The average molecular weight is 509 g/mol. The third-order valence-corrected chi connectivity index (χ3v) is 9.69. The van der Waals surface area contributed by atoms with Crippen LogP contribution in [0, 0.1) is 13.8 Å². The van der Waals surface area contributed by atoms with E-state index in [4.69, 9.17) is 4.74 Å². The van der Waals surface area contributed by atoms with Gasteiger partial charge in [-0.05, 0) is 84.8 Å². The summed E-state index contributed by atoms with van der Waals surface area (Å²) in [6.07, 6.45) is 10.6. The molecule has 34 heavy (non-hydrogen) atoms.